The summed E-state index contributed by atoms with van der Waals surface area (Å²) < 4.78 is 25.8. The smallest absolute Gasteiger partial charge is 0.269 e. The normalized spacial score (nSPS) is 11.4. The zero-order valence-electron chi connectivity index (χ0n) is 10.3. The number of carbonyl (C=O) groups excluding carboxylic acids is 1. The van der Waals surface area contributed by atoms with Crippen LogP contribution in [-0.4, -0.2) is 31.1 Å². The van der Waals surface area contributed by atoms with Crippen LogP contribution in [0, 0.1) is 0 Å². The number of amides is 1. The van der Waals surface area contributed by atoms with Gasteiger partial charge in [0.1, 0.15) is 0 Å². The van der Waals surface area contributed by atoms with Gasteiger partial charge in [0.25, 0.3) is 10.0 Å². The Kier molecular flexibility index (Phi) is 5.63. The van der Waals surface area contributed by atoms with Gasteiger partial charge in [-0.05, 0) is 6.42 Å². The van der Waals surface area contributed by atoms with Crippen LogP contribution in [0.4, 0.5) is 5.13 Å². The maximum absolute atomic E-state index is 11.8. The Bertz CT molecular complexity index is 498. The number of sulfonamides is 1. The maximum atomic E-state index is 11.8. The second-order valence-corrected chi connectivity index (χ2v) is 6.44. The molecule has 2 N–H and O–H groups in total. The lowest BCUT2D eigenvalue weighted by atomic mass is 10.3. The number of carbonyl (C=O) groups is 1. The van der Waals surface area contributed by atoms with Crippen LogP contribution in [-0.2, 0) is 14.8 Å². The van der Waals surface area contributed by atoms with Gasteiger partial charge in [0.05, 0.1) is 0 Å². The largest absolute Gasteiger partial charge is 0.301 e. The summed E-state index contributed by atoms with van der Waals surface area (Å²) in [6.45, 7) is 4.03. The van der Waals surface area contributed by atoms with Crippen LogP contribution in [0.3, 0.4) is 0 Å². The van der Waals surface area contributed by atoms with E-state index in [2.05, 4.69) is 20.2 Å². The third-order valence-corrected chi connectivity index (χ3v) is 4.69. The van der Waals surface area contributed by atoms with Gasteiger partial charge in [-0.2, -0.15) is 0 Å². The average Bonchev–Trinajstić information content (AvgIpc) is 2.78. The first-order chi connectivity index (χ1) is 8.49. The first-order valence-corrected chi connectivity index (χ1v) is 7.92. The number of aromatic nitrogens is 2. The predicted octanol–water partition coefficient (Wildman–Crippen LogP) is 0.965. The number of anilines is 1. The van der Waals surface area contributed by atoms with Crippen molar-refractivity contribution in [2.24, 2.45) is 0 Å². The molecular formula is C9H16N4O3S2. The van der Waals surface area contributed by atoms with E-state index >= 15 is 0 Å². The Hall–Kier alpha value is -1.06. The van der Waals surface area contributed by atoms with Crippen molar-refractivity contribution >= 4 is 32.4 Å². The zero-order chi connectivity index (χ0) is 13.6. The van der Waals surface area contributed by atoms with Crippen molar-refractivity contribution in [2.45, 2.75) is 37.4 Å². The molecule has 1 rings (SSSR count). The molecule has 0 atom stereocenters. The molecule has 0 fully saturated rings. The molecule has 0 unspecified atom stereocenters. The minimum atomic E-state index is -3.61. The summed E-state index contributed by atoms with van der Waals surface area (Å²) in [7, 11) is -3.61. The fourth-order valence-corrected chi connectivity index (χ4v) is 3.05. The van der Waals surface area contributed by atoms with E-state index in [9.17, 15) is 13.2 Å². The van der Waals surface area contributed by atoms with E-state index in [0.717, 1.165) is 24.2 Å². The zero-order valence-corrected chi connectivity index (χ0v) is 11.9. The number of nitrogens with zero attached hydrogens (tertiary/aromatic N) is 2. The number of rotatable bonds is 7. The Labute approximate surface area is 110 Å². The van der Waals surface area contributed by atoms with Gasteiger partial charge in [0, 0.05) is 13.0 Å². The molecule has 9 heteroatoms. The highest BCUT2D eigenvalue weighted by molar-refractivity contribution is 7.91. The summed E-state index contributed by atoms with van der Waals surface area (Å²) in [5.41, 5.74) is 0. The molecule has 1 aromatic rings. The van der Waals surface area contributed by atoms with E-state index in [1.807, 2.05) is 6.92 Å². The average molecular weight is 292 g/mol. The van der Waals surface area contributed by atoms with Crippen LogP contribution in [0.15, 0.2) is 4.34 Å². The monoisotopic (exact) mass is 292 g/mol. The molecule has 0 aliphatic heterocycles. The first-order valence-electron chi connectivity index (χ1n) is 5.62. The van der Waals surface area contributed by atoms with E-state index < -0.39 is 10.0 Å². The summed E-state index contributed by atoms with van der Waals surface area (Å²) >= 11 is 0.837. The molecule has 0 spiro atoms. The van der Waals surface area contributed by atoms with Gasteiger partial charge in [-0.15, -0.1) is 10.2 Å². The minimum absolute atomic E-state index is 0.134. The van der Waals surface area contributed by atoms with Gasteiger partial charge >= 0.3 is 0 Å². The van der Waals surface area contributed by atoms with Crippen molar-refractivity contribution in [1.82, 2.24) is 14.9 Å². The van der Waals surface area contributed by atoms with Crippen molar-refractivity contribution in [3.05, 3.63) is 0 Å². The summed E-state index contributed by atoms with van der Waals surface area (Å²) in [6, 6.07) is 0. The lowest BCUT2D eigenvalue weighted by Crippen LogP contribution is -2.24. The SMILES string of the molecule is CCCCNS(=O)(=O)c1nnc(NC(=O)CC)s1. The summed E-state index contributed by atoms with van der Waals surface area (Å²) in [5.74, 6) is -0.228. The van der Waals surface area contributed by atoms with Crippen molar-refractivity contribution in [3.63, 3.8) is 0 Å². The Morgan fingerprint density at radius 1 is 1.33 bits per heavy atom. The molecule has 0 saturated heterocycles. The van der Waals surface area contributed by atoms with E-state index in [1.165, 1.54) is 0 Å². The molecule has 0 aliphatic carbocycles. The quantitative estimate of drug-likeness (QED) is 0.576. The molecule has 0 aliphatic rings. The van der Waals surface area contributed by atoms with Crippen LogP contribution < -0.4 is 10.0 Å². The summed E-state index contributed by atoms with van der Waals surface area (Å²) in [6.07, 6.45) is 1.96. The highest BCUT2D eigenvalue weighted by atomic mass is 32.2. The molecule has 102 valence electrons. The van der Waals surface area contributed by atoms with Gasteiger partial charge in [-0.25, -0.2) is 13.1 Å². The lowest BCUT2D eigenvalue weighted by molar-refractivity contribution is -0.115. The molecule has 18 heavy (non-hydrogen) atoms. The second-order valence-electron chi connectivity index (χ2n) is 3.53. The highest BCUT2D eigenvalue weighted by Gasteiger charge is 2.19. The number of nitrogens with one attached hydrogen (secondary N) is 2. The Morgan fingerprint density at radius 3 is 2.67 bits per heavy atom. The molecular weight excluding hydrogens is 276 g/mol. The number of unbranched alkanes of at least 4 members (excludes halogenated alkanes) is 1. The summed E-state index contributed by atoms with van der Waals surface area (Å²) in [4.78, 5) is 11.1. The Morgan fingerprint density at radius 2 is 2.06 bits per heavy atom. The van der Waals surface area contributed by atoms with Crippen LogP contribution >= 0.6 is 11.3 Å². The third-order valence-electron chi connectivity index (χ3n) is 2.03. The lowest BCUT2D eigenvalue weighted by Gasteiger charge is -2.01. The van der Waals surface area contributed by atoms with E-state index in [0.29, 0.717) is 13.0 Å². The van der Waals surface area contributed by atoms with E-state index in [4.69, 9.17) is 0 Å². The number of hydrogen-bond donors (Lipinski definition) is 2. The van der Waals surface area contributed by atoms with Gasteiger partial charge in [-0.1, -0.05) is 31.6 Å². The fourth-order valence-electron chi connectivity index (χ4n) is 1.02. The molecule has 7 nitrogen and oxygen atoms in total. The molecule has 1 aromatic heterocycles. The fraction of sp³-hybridized carbons (Fsp3) is 0.667. The molecule has 1 amide bonds. The molecule has 0 bridgehead atoms. The third kappa shape index (κ3) is 4.31. The van der Waals surface area contributed by atoms with Crippen LogP contribution in [0.25, 0.3) is 0 Å². The second kappa shape index (κ2) is 6.76. The maximum Gasteiger partial charge on any atom is 0.269 e. The molecule has 0 aromatic carbocycles. The van der Waals surface area contributed by atoms with E-state index in [-0.39, 0.29) is 15.4 Å². The Balaban J connectivity index is 2.69. The van der Waals surface area contributed by atoms with E-state index in [1.54, 1.807) is 6.92 Å². The standard InChI is InChI=1S/C9H16N4O3S2/c1-3-5-6-10-18(15,16)9-13-12-8(17-9)11-7(14)4-2/h10H,3-6H2,1-2H3,(H,11,12,14). The van der Waals surface area contributed by atoms with Crippen LogP contribution in [0.5, 0.6) is 0 Å². The number of hydrogen-bond acceptors (Lipinski definition) is 6. The van der Waals surface area contributed by atoms with Crippen LogP contribution in [0.1, 0.15) is 33.1 Å². The topological polar surface area (TPSA) is 101 Å². The van der Waals surface area contributed by atoms with Crippen molar-refractivity contribution < 1.29 is 13.2 Å². The minimum Gasteiger partial charge on any atom is -0.301 e. The van der Waals surface area contributed by atoms with Crippen LogP contribution in [0.2, 0.25) is 0 Å². The van der Waals surface area contributed by atoms with Gasteiger partial charge in [-0.3, -0.25) is 4.79 Å². The van der Waals surface area contributed by atoms with Crippen molar-refractivity contribution in [2.75, 3.05) is 11.9 Å². The summed E-state index contributed by atoms with van der Waals surface area (Å²) in [5, 5.41) is 9.83. The van der Waals surface area contributed by atoms with Gasteiger partial charge < -0.3 is 5.32 Å². The molecule has 1 heterocycles. The molecule has 0 saturated carbocycles. The van der Waals surface area contributed by atoms with Crippen molar-refractivity contribution in [3.8, 4) is 0 Å². The molecule has 0 radical (unpaired) electrons. The first kappa shape index (κ1) is 15.0. The van der Waals surface area contributed by atoms with Gasteiger partial charge in [0.15, 0.2) is 0 Å². The predicted molar refractivity (Wildman–Crippen MR) is 68.9 cm³/mol. The van der Waals surface area contributed by atoms with Crippen molar-refractivity contribution in [1.29, 1.82) is 0 Å². The van der Waals surface area contributed by atoms with Gasteiger partial charge in [0.2, 0.25) is 15.4 Å². The highest BCUT2D eigenvalue weighted by Crippen LogP contribution is 2.19.